The molecule has 12 heteroatoms. The first-order chi connectivity index (χ1) is 19.9. The van der Waals surface area contributed by atoms with Crippen molar-refractivity contribution in [1.82, 2.24) is 20.1 Å². The second-order valence-electron chi connectivity index (χ2n) is 9.68. The second kappa shape index (κ2) is 15.0. The molecule has 2 amide bonds. The summed E-state index contributed by atoms with van der Waals surface area (Å²) in [6, 6.07) is 7.38. The summed E-state index contributed by atoms with van der Waals surface area (Å²) in [6.45, 7) is 5.08. The standard InChI is InChI=1S/C29H37N5O5S2/c1-4-6-15-34-23(17-30-24(35)16-19-11-13-20(38-3)14-12-19)32-33-29(34)40-18-25(36)31-27-26(28(37)39-5-2)21-9-7-8-10-22(21)41-27/h11-14H,4-10,15-18H2,1-3H3,(H,30,35)(H,31,36). The Bertz CT molecular complexity index is 1350. The lowest BCUT2D eigenvalue weighted by Crippen LogP contribution is -2.26. The Balaban J connectivity index is 1.38. The molecule has 3 aromatic rings. The summed E-state index contributed by atoms with van der Waals surface area (Å²) in [6.07, 6.45) is 5.98. The number of carbonyl (C=O) groups is 3. The topological polar surface area (TPSA) is 124 Å². The zero-order chi connectivity index (χ0) is 29.2. The third kappa shape index (κ3) is 8.10. The minimum Gasteiger partial charge on any atom is -0.497 e. The average molecular weight is 600 g/mol. The number of hydrogen-bond donors (Lipinski definition) is 2. The van der Waals surface area contributed by atoms with E-state index in [-0.39, 0.29) is 43.1 Å². The summed E-state index contributed by atoms with van der Waals surface area (Å²) >= 11 is 2.76. The highest BCUT2D eigenvalue weighted by atomic mass is 32.2. The highest BCUT2D eigenvalue weighted by Gasteiger charge is 2.27. The largest absolute Gasteiger partial charge is 0.497 e. The maximum Gasteiger partial charge on any atom is 0.341 e. The molecule has 0 spiro atoms. The Morgan fingerprint density at radius 2 is 1.85 bits per heavy atom. The lowest BCUT2D eigenvalue weighted by molar-refractivity contribution is -0.120. The van der Waals surface area contributed by atoms with Crippen molar-refractivity contribution in [2.45, 2.75) is 77.0 Å². The van der Waals surface area contributed by atoms with Gasteiger partial charge in [0.1, 0.15) is 10.8 Å². The molecule has 0 unspecified atom stereocenters. The van der Waals surface area contributed by atoms with Crippen LogP contribution in [0.1, 0.15) is 71.7 Å². The summed E-state index contributed by atoms with van der Waals surface area (Å²) < 4.78 is 12.4. The monoisotopic (exact) mass is 599 g/mol. The fourth-order valence-corrected chi connectivity index (χ4v) is 6.71. The van der Waals surface area contributed by atoms with Crippen LogP contribution < -0.4 is 15.4 Å². The Morgan fingerprint density at radius 3 is 2.59 bits per heavy atom. The Labute approximate surface area is 248 Å². The zero-order valence-corrected chi connectivity index (χ0v) is 25.4. The van der Waals surface area contributed by atoms with Gasteiger partial charge in [-0.05, 0) is 62.3 Å². The molecule has 0 atom stereocenters. The number of benzene rings is 1. The molecular formula is C29H37N5O5S2. The van der Waals surface area contributed by atoms with Crippen LogP contribution in [0, 0.1) is 0 Å². The lowest BCUT2D eigenvalue weighted by Gasteiger charge is -2.12. The maximum atomic E-state index is 13.0. The summed E-state index contributed by atoms with van der Waals surface area (Å²) in [5.74, 6) is 0.765. The van der Waals surface area contributed by atoms with E-state index in [0.29, 0.717) is 28.1 Å². The van der Waals surface area contributed by atoms with Crippen LogP contribution in [0.4, 0.5) is 5.00 Å². The number of aryl methyl sites for hydroxylation is 1. The van der Waals surface area contributed by atoms with Crippen LogP contribution in [0.5, 0.6) is 5.75 Å². The molecular weight excluding hydrogens is 562 g/mol. The van der Waals surface area contributed by atoms with Crippen molar-refractivity contribution in [2.24, 2.45) is 0 Å². The van der Waals surface area contributed by atoms with Gasteiger partial charge in [-0.2, -0.15) is 0 Å². The molecule has 0 bridgehead atoms. The van der Waals surface area contributed by atoms with Crippen molar-refractivity contribution in [3.63, 3.8) is 0 Å². The number of methoxy groups -OCH3 is 1. The highest BCUT2D eigenvalue weighted by molar-refractivity contribution is 7.99. The third-order valence-electron chi connectivity index (χ3n) is 6.73. The van der Waals surface area contributed by atoms with Crippen LogP contribution in [0.15, 0.2) is 29.4 Å². The van der Waals surface area contributed by atoms with Gasteiger partial charge in [-0.1, -0.05) is 37.2 Å². The highest BCUT2D eigenvalue weighted by Crippen LogP contribution is 2.38. The van der Waals surface area contributed by atoms with Gasteiger partial charge < -0.3 is 24.7 Å². The molecule has 220 valence electrons. The summed E-state index contributed by atoms with van der Waals surface area (Å²) in [5, 5.41) is 15.7. The number of carbonyl (C=O) groups excluding carboxylic acids is 3. The summed E-state index contributed by atoms with van der Waals surface area (Å²) in [7, 11) is 1.60. The van der Waals surface area contributed by atoms with E-state index in [2.05, 4.69) is 27.8 Å². The number of rotatable bonds is 14. The number of thiophene rings is 1. The van der Waals surface area contributed by atoms with E-state index in [9.17, 15) is 14.4 Å². The van der Waals surface area contributed by atoms with Gasteiger partial charge in [-0.25, -0.2) is 4.79 Å². The van der Waals surface area contributed by atoms with Gasteiger partial charge in [-0.15, -0.1) is 21.5 Å². The molecule has 10 nitrogen and oxygen atoms in total. The number of unbranched alkanes of at least 4 members (excludes halogenated alkanes) is 1. The first kappa shape index (κ1) is 30.6. The van der Waals surface area contributed by atoms with Crippen molar-refractivity contribution in [1.29, 1.82) is 0 Å². The van der Waals surface area contributed by atoms with Crippen molar-refractivity contribution in [3.05, 3.63) is 51.7 Å². The van der Waals surface area contributed by atoms with Crippen LogP contribution in [-0.4, -0.2) is 52.0 Å². The van der Waals surface area contributed by atoms with E-state index in [0.717, 1.165) is 60.3 Å². The van der Waals surface area contributed by atoms with Crippen molar-refractivity contribution in [3.8, 4) is 5.75 Å². The van der Waals surface area contributed by atoms with E-state index in [1.165, 1.54) is 23.1 Å². The van der Waals surface area contributed by atoms with E-state index >= 15 is 0 Å². The quantitative estimate of drug-likeness (QED) is 0.200. The average Bonchev–Trinajstić information content (AvgIpc) is 3.54. The number of fused-ring (bicyclic) bond motifs is 1. The first-order valence-electron chi connectivity index (χ1n) is 14.0. The molecule has 4 rings (SSSR count). The first-order valence-corrected chi connectivity index (χ1v) is 15.8. The Morgan fingerprint density at radius 1 is 1.07 bits per heavy atom. The van der Waals surface area contributed by atoms with Crippen LogP contribution in [0.25, 0.3) is 0 Å². The molecule has 2 aromatic heterocycles. The lowest BCUT2D eigenvalue weighted by atomic mass is 9.95. The van der Waals surface area contributed by atoms with Crippen molar-refractivity contribution in [2.75, 3.05) is 24.8 Å². The predicted molar refractivity (Wildman–Crippen MR) is 160 cm³/mol. The molecule has 0 saturated carbocycles. The number of hydrogen-bond acceptors (Lipinski definition) is 9. The normalized spacial score (nSPS) is 12.5. The fraction of sp³-hybridized carbons (Fsp3) is 0.483. The molecule has 1 aromatic carbocycles. The molecule has 0 aliphatic heterocycles. The van der Waals surface area contributed by atoms with Gasteiger partial charge in [0.25, 0.3) is 0 Å². The SMILES string of the molecule is CCCCn1c(CNC(=O)Cc2ccc(OC)cc2)nnc1SCC(=O)Nc1sc2c(c1C(=O)OCC)CCCC2. The summed E-state index contributed by atoms with van der Waals surface area (Å²) in [4.78, 5) is 39.4. The van der Waals surface area contributed by atoms with E-state index in [1.807, 2.05) is 28.8 Å². The molecule has 0 fully saturated rings. The smallest absolute Gasteiger partial charge is 0.341 e. The fourth-order valence-electron chi connectivity index (χ4n) is 4.63. The van der Waals surface area contributed by atoms with Gasteiger partial charge in [-0.3, -0.25) is 9.59 Å². The molecule has 1 aliphatic carbocycles. The van der Waals surface area contributed by atoms with Crippen LogP contribution in [0.2, 0.25) is 0 Å². The maximum absolute atomic E-state index is 13.0. The number of thioether (sulfide) groups is 1. The molecule has 2 N–H and O–H groups in total. The number of anilines is 1. The van der Waals surface area contributed by atoms with Gasteiger partial charge >= 0.3 is 5.97 Å². The number of nitrogens with one attached hydrogen (secondary N) is 2. The predicted octanol–water partition coefficient (Wildman–Crippen LogP) is 4.79. The number of ether oxygens (including phenoxy) is 2. The van der Waals surface area contributed by atoms with E-state index < -0.39 is 0 Å². The van der Waals surface area contributed by atoms with Crippen molar-refractivity contribution >= 4 is 45.9 Å². The number of amides is 2. The van der Waals surface area contributed by atoms with Gasteiger partial charge in [0.05, 0.1) is 38.0 Å². The Hall–Kier alpha value is -3.38. The number of esters is 1. The van der Waals surface area contributed by atoms with Crippen molar-refractivity contribution < 1.29 is 23.9 Å². The van der Waals surface area contributed by atoms with Gasteiger partial charge in [0.15, 0.2) is 11.0 Å². The van der Waals surface area contributed by atoms with Crippen LogP contribution >= 0.6 is 23.1 Å². The van der Waals surface area contributed by atoms with Crippen LogP contribution in [-0.2, 0) is 46.7 Å². The Kier molecular flexibility index (Phi) is 11.2. The van der Waals surface area contributed by atoms with Gasteiger partial charge in [0.2, 0.25) is 11.8 Å². The molecule has 0 radical (unpaired) electrons. The summed E-state index contributed by atoms with van der Waals surface area (Å²) in [5.41, 5.74) is 2.40. The number of aromatic nitrogens is 3. The zero-order valence-electron chi connectivity index (χ0n) is 23.8. The third-order valence-corrected chi connectivity index (χ3v) is 8.91. The molecule has 0 saturated heterocycles. The molecule has 41 heavy (non-hydrogen) atoms. The molecule has 1 aliphatic rings. The number of nitrogens with zero attached hydrogens (tertiary/aromatic N) is 3. The van der Waals surface area contributed by atoms with E-state index in [1.54, 1.807) is 14.0 Å². The minimum absolute atomic E-state index is 0.110. The molecule has 2 heterocycles. The minimum atomic E-state index is -0.382. The van der Waals surface area contributed by atoms with Gasteiger partial charge in [0, 0.05) is 11.4 Å². The van der Waals surface area contributed by atoms with Crippen LogP contribution in [0.3, 0.4) is 0 Å². The second-order valence-corrected chi connectivity index (χ2v) is 11.7. The van der Waals surface area contributed by atoms with E-state index in [4.69, 9.17) is 9.47 Å².